The van der Waals surface area contributed by atoms with Gasteiger partial charge in [0, 0.05) is 29.8 Å². The maximum atomic E-state index is 14.6. The molecule has 0 saturated heterocycles. The lowest BCUT2D eigenvalue weighted by Crippen LogP contribution is -2.51. The minimum absolute atomic E-state index is 0.0415. The van der Waals surface area contributed by atoms with E-state index in [1.165, 1.54) is 0 Å². The molecule has 3 aromatic carbocycles. The molecule has 0 heterocycles. The van der Waals surface area contributed by atoms with Crippen LogP contribution < -0.4 is 4.90 Å². The molecule has 53 heavy (non-hydrogen) atoms. The minimum atomic E-state index is -0.884. The quantitative estimate of drug-likeness (QED) is 0.130. The lowest BCUT2D eigenvalue weighted by molar-refractivity contribution is -0.149. The fourth-order valence-electron chi connectivity index (χ4n) is 7.66. The van der Waals surface area contributed by atoms with Gasteiger partial charge in [0.15, 0.2) is 0 Å². The summed E-state index contributed by atoms with van der Waals surface area (Å²) in [6.45, 7) is 14.1. The van der Waals surface area contributed by atoms with Crippen LogP contribution in [-0.4, -0.2) is 70.8 Å². The fraction of sp³-hybridized carbons (Fsp3) is 0.533. The number of rotatable bonds is 18. The Kier molecular flexibility index (Phi) is 14.8. The first-order valence-corrected chi connectivity index (χ1v) is 19.6. The van der Waals surface area contributed by atoms with Crippen molar-refractivity contribution in [3.05, 3.63) is 101 Å². The summed E-state index contributed by atoms with van der Waals surface area (Å²) in [5.41, 5.74) is 3.69. The van der Waals surface area contributed by atoms with Crippen LogP contribution in [0.5, 0.6) is 0 Å². The number of aryl methyl sites for hydroxylation is 2. The van der Waals surface area contributed by atoms with Crippen LogP contribution in [0.25, 0.3) is 0 Å². The topological polar surface area (TPSA) is 107 Å². The highest BCUT2D eigenvalue weighted by atomic mass is 16.5. The Hall–Kier alpha value is -4.01. The predicted molar refractivity (Wildman–Crippen MR) is 212 cm³/mol. The summed E-state index contributed by atoms with van der Waals surface area (Å²) in [6.07, 6.45) is 5.32. The summed E-state index contributed by atoms with van der Waals surface area (Å²) in [7, 11) is 0. The van der Waals surface area contributed by atoms with Crippen LogP contribution in [0.15, 0.2) is 72.8 Å². The number of anilines is 1. The van der Waals surface area contributed by atoms with Crippen LogP contribution in [0.3, 0.4) is 0 Å². The molecule has 0 spiro atoms. The number of hydrogen-bond donors (Lipinski definition) is 2. The summed E-state index contributed by atoms with van der Waals surface area (Å²) >= 11 is 0. The summed E-state index contributed by atoms with van der Waals surface area (Å²) in [5, 5.41) is 21.5. The number of esters is 1. The first-order valence-electron chi connectivity index (χ1n) is 19.6. The third kappa shape index (κ3) is 10.2. The van der Waals surface area contributed by atoms with E-state index in [0.29, 0.717) is 37.1 Å². The molecule has 4 rings (SSSR count). The van der Waals surface area contributed by atoms with E-state index in [1.807, 2.05) is 119 Å². The third-order valence-corrected chi connectivity index (χ3v) is 11.5. The van der Waals surface area contributed by atoms with E-state index in [2.05, 4.69) is 6.92 Å². The molecule has 288 valence electrons. The molecule has 2 atom stereocenters. The monoisotopic (exact) mass is 726 g/mol. The highest BCUT2D eigenvalue weighted by Crippen LogP contribution is 2.39. The zero-order valence-corrected chi connectivity index (χ0v) is 33.1. The second-order valence-electron chi connectivity index (χ2n) is 15.8. The van der Waals surface area contributed by atoms with E-state index in [4.69, 9.17) is 4.74 Å². The van der Waals surface area contributed by atoms with Gasteiger partial charge in [-0.15, -0.1) is 0 Å². The van der Waals surface area contributed by atoms with E-state index in [9.17, 15) is 24.6 Å². The van der Waals surface area contributed by atoms with Gasteiger partial charge < -0.3 is 24.7 Å². The molecular formula is C45H62N2O6. The van der Waals surface area contributed by atoms with E-state index >= 15 is 0 Å². The number of ether oxygens (including phenoxy) is 1. The molecular weight excluding hydrogens is 665 g/mol. The molecule has 2 N–H and O–H groups in total. The van der Waals surface area contributed by atoms with Crippen molar-refractivity contribution in [3.63, 3.8) is 0 Å². The molecule has 1 aliphatic carbocycles. The minimum Gasteiger partial charge on any atom is -0.464 e. The zero-order chi connectivity index (χ0) is 38.8. The molecule has 1 fully saturated rings. The second kappa shape index (κ2) is 18.8. The van der Waals surface area contributed by atoms with Crippen LogP contribution in [0.1, 0.15) is 113 Å². The SMILES string of the molecule is CCC1(N(CCO)C(=O)c2ccccc2CCC(O)Cc2ccc(C)cc2N(CCOC(=O)[C@@H](C)C(C)C)C(=O)C(C)(C)c2ccccc2)CCCC1. The van der Waals surface area contributed by atoms with Gasteiger partial charge in [-0.3, -0.25) is 14.4 Å². The van der Waals surface area contributed by atoms with Gasteiger partial charge in [0.2, 0.25) is 5.91 Å². The molecule has 3 aromatic rings. The van der Waals surface area contributed by atoms with Gasteiger partial charge in [-0.1, -0.05) is 101 Å². The third-order valence-electron chi connectivity index (χ3n) is 11.5. The van der Waals surface area contributed by atoms with Crippen molar-refractivity contribution in [1.82, 2.24) is 4.90 Å². The first-order chi connectivity index (χ1) is 25.3. The van der Waals surface area contributed by atoms with Crippen LogP contribution in [0.4, 0.5) is 5.69 Å². The van der Waals surface area contributed by atoms with E-state index in [-0.39, 0.29) is 54.9 Å². The van der Waals surface area contributed by atoms with Crippen molar-refractivity contribution < 1.29 is 29.3 Å². The van der Waals surface area contributed by atoms with Crippen LogP contribution in [0.2, 0.25) is 0 Å². The maximum Gasteiger partial charge on any atom is 0.308 e. The molecule has 8 heteroatoms. The average molecular weight is 727 g/mol. The predicted octanol–water partition coefficient (Wildman–Crippen LogP) is 7.83. The van der Waals surface area contributed by atoms with Crippen molar-refractivity contribution in [2.45, 2.75) is 117 Å². The Morgan fingerprint density at radius 1 is 0.906 bits per heavy atom. The van der Waals surface area contributed by atoms with Crippen LogP contribution in [0, 0.1) is 18.8 Å². The number of benzene rings is 3. The van der Waals surface area contributed by atoms with Gasteiger partial charge >= 0.3 is 5.97 Å². The number of amides is 2. The summed E-state index contributed by atoms with van der Waals surface area (Å²) in [5.74, 6) is -0.622. The number of carbonyl (C=O) groups excluding carboxylic acids is 3. The molecule has 1 saturated carbocycles. The van der Waals surface area contributed by atoms with Gasteiger partial charge in [0.05, 0.1) is 30.6 Å². The summed E-state index contributed by atoms with van der Waals surface area (Å²) in [6, 6.07) is 23.2. The molecule has 1 aliphatic rings. The number of aliphatic hydroxyl groups excluding tert-OH is 2. The van der Waals surface area contributed by atoms with Gasteiger partial charge in [-0.05, 0) is 93.2 Å². The molecule has 1 unspecified atom stereocenters. The molecule has 2 amide bonds. The number of aliphatic hydroxyl groups is 2. The van der Waals surface area contributed by atoms with Gasteiger partial charge in [0.1, 0.15) is 6.61 Å². The number of carbonyl (C=O) groups is 3. The Morgan fingerprint density at radius 2 is 1.57 bits per heavy atom. The molecule has 0 aliphatic heterocycles. The van der Waals surface area contributed by atoms with Gasteiger partial charge in [0.25, 0.3) is 5.91 Å². The van der Waals surface area contributed by atoms with Crippen molar-refractivity contribution >= 4 is 23.5 Å². The maximum absolute atomic E-state index is 14.6. The Morgan fingerprint density at radius 3 is 2.21 bits per heavy atom. The highest BCUT2D eigenvalue weighted by Gasteiger charge is 2.41. The lowest BCUT2D eigenvalue weighted by Gasteiger charge is -2.41. The van der Waals surface area contributed by atoms with Gasteiger partial charge in [-0.2, -0.15) is 0 Å². The Balaban J connectivity index is 1.58. The highest BCUT2D eigenvalue weighted by molar-refractivity contribution is 6.01. The van der Waals surface area contributed by atoms with E-state index in [1.54, 1.807) is 4.90 Å². The summed E-state index contributed by atoms with van der Waals surface area (Å²) in [4.78, 5) is 45.1. The molecule has 0 aromatic heterocycles. The van der Waals surface area contributed by atoms with Crippen LogP contribution in [-0.2, 0) is 32.6 Å². The Labute approximate surface area is 317 Å². The number of β-amino-alcohol motifs (C(OH)–C–C–N with tert-alkyl or cyclic N) is 1. The fourth-order valence-corrected chi connectivity index (χ4v) is 7.66. The van der Waals surface area contributed by atoms with Gasteiger partial charge in [-0.25, -0.2) is 0 Å². The summed E-state index contributed by atoms with van der Waals surface area (Å²) < 4.78 is 5.71. The van der Waals surface area contributed by atoms with Crippen molar-refractivity contribution in [1.29, 1.82) is 0 Å². The Bertz CT molecular complexity index is 1660. The van der Waals surface area contributed by atoms with Crippen molar-refractivity contribution in [2.75, 3.05) is 31.2 Å². The first kappa shape index (κ1) is 41.7. The zero-order valence-electron chi connectivity index (χ0n) is 33.1. The number of nitrogens with zero attached hydrogens (tertiary/aromatic N) is 2. The van der Waals surface area contributed by atoms with Crippen LogP contribution >= 0.6 is 0 Å². The smallest absolute Gasteiger partial charge is 0.308 e. The number of hydrogen-bond acceptors (Lipinski definition) is 6. The normalized spacial score (nSPS) is 15.2. The lowest BCUT2D eigenvalue weighted by atomic mass is 9.82. The molecule has 0 radical (unpaired) electrons. The molecule has 8 nitrogen and oxygen atoms in total. The largest absolute Gasteiger partial charge is 0.464 e. The van der Waals surface area contributed by atoms with Crippen molar-refractivity contribution in [3.8, 4) is 0 Å². The van der Waals surface area contributed by atoms with E-state index in [0.717, 1.165) is 54.4 Å². The van der Waals surface area contributed by atoms with E-state index < -0.39 is 11.5 Å². The average Bonchev–Trinajstić information content (AvgIpc) is 3.65. The second-order valence-corrected chi connectivity index (χ2v) is 15.8. The standard InChI is InChI=1S/C45H62N2O6/c1-8-45(24-14-15-25-45)47(26-28-48)41(50)39-19-13-12-16-35(39)22-23-38(49)31-36-21-20-33(4)30-40(36)46(27-29-53-42(51)34(5)32(2)3)43(52)44(6,7)37-17-10-9-11-18-37/h9-13,16-21,30,32,34,38,48-49H,8,14-15,22-29,31H2,1-7H3/t34-,38?/m0/s1. The molecule has 0 bridgehead atoms. The van der Waals surface area contributed by atoms with Crippen molar-refractivity contribution in [2.24, 2.45) is 11.8 Å².